The molecule has 6 N–H and O–H groups in total. The van der Waals surface area contributed by atoms with Crippen LogP contribution in [0, 0.1) is 0 Å². The fourth-order valence-electron chi connectivity index (χ4n) is 3.31. The van der Waals surface area contributed by atoms with Crippen LogP contribution in [0.15, 0.2) is 24.3 Å². The minimum Gasteiger partial charge on any atom is -0.368 e. The molecular formula is C17H24N7O+. The van der Waals surface area contributed by atoms with E-state index in [2.05, 4.69) is 33.3 Å². The molecule has 1 unspecified atom stereocenters. The standard InChI is InChI=1S/C17H23N7O/c1-2-11-6-3-4-7-12(11)20-17-22-14(21-16(19)23-17)10-24-9-5-8-13(24)15(18)25/h3-4,6-7,13H,2,5,8-10H2,1H3,(H2,18,25)(H3,19,20,21,22,23)/p+1/t13-/m1/s1. The largest absolute Gasteiger partial charge is 0.368 e. The number of nitrogens with zero attached hydrogens (tertiary/aromatic N) is 3. The zero-order valence-electron chi connectivity index (χ0n) is 14.3. The molecule has 8 heteroatoms. The number of anilines is 3. The molecule has 1 saturated heterocycles. The van der Waals surface area contributed by atoms with E-state index in [-0.39, 0.29) is 17.9 Å². The van der Waals surface area contributed by atoms with Crippen LogP contribution in [0.1, 0.15) is 31.2 Å². The van der Waals surface area contributed by atoms with E-state index in [9.17, 15) is 4.79 Å². The number of benzene rings is 1. The number of nitrogens with two attached hydrogens (primary N) is 2. The molecule has 0 radical (unpaired) electrons. The van der Waals surface area contributed by atoms with Crippen molar-refractivity contribution in [1.29, 1.82) is 0 Å². The second kappa shape index (κ2) is 7.43. The summed E-state index contributed by atoms with van der Waals surface area (Å²) in [6.07, 6.45) is 2.67. The van der Waals surface area contributed by atoms with Crippen molar-refractivity contribution in [2.24, 2.45) is 5.73 Å². The first-order valence-corrected chi connectivity index (χ1v) is 8.56. The van der Waals surface area contributed by atoms with Gasteiger partial charge >= 0.3 is 0 Å². The van der Waals surface area contributed by atoms with Gasteiger partial charge < -0.3 is 21.7 Å². The van der Waals surface area contributed by atoms with Gasteiger partial charge in [0.25, 0.3) is 5.91 Å². The highest BCUT2D eigenvalue weighted by molar-refractivity contribution is 5.78. The van der Waals surface area contributed by atoms with Gasteiger partial charge in [-0.2, -0.15) is 15.0 Å². The summed E-state index contributed by atoms with van der Waals surface area (Å²) >= 11 is 0. The predicted octanol–water partition coefficient (Wildman–Crippen LogP) is -0.208. The Morgan fingerprint density at radius 2 is 2.12 bits per heavy atom. The fourth-order valence-corrected chi connectivity index (χ4v) is 3.31. The van der Waals surface area contributed by atoms with Gasteiger partial charge in [0.1, 0.15) is 6.54 Å². The number of carbonyl (C=O) groups excluding carboxylic acids is 1. The van der Waals surface area contributed by atoms with Crippen LogP contribution in [0.25, 0.3) is 0 Å². The first kappa shape index (κ1) is 17.1. The molecule has 1 aliphatic heterocycles. The Balaban J connectivity index is 1.80. The summed E-state index contributed by atoms with van der Waals surface area (Å²) in [7, 11) is 0. The summed E-state index contributed by atoms with van der Waals surface area (Å²) in [4.78, 5) is 25.5. The number of quaternary nitrogens is 1. The van der Waals surface area contributed by atoms with Crippen molar-refractivity contribution in [2.75, 3.05) is 17.6 Å². The Morgan fingerprint density at radius 3 is 2.88 bits per heavy atom. The van der Waals surface area contributed by atoms with Gasteiger partial charge in [-0.25, -0.2) is 0 Å². The van der Waals surface area contributed by atoms with Crippen molar-refractivity contribution in [1.82, 2.24) is 15.0 Å². The smallest absolute Gasteiger partial charge is 0.275 e. The molecule has 132 valence electrons. The lowest BCUT2D eigenvalue weighted by Gasteiger charge is -2.18. The lowest BCUT2D eigenvalue weighted by atomic mass is 10.1. The summed E-state index contributed by atoms with van der Waals surface area (Å²) in [6, 6.07) is 7.80. The number of hydrogen-bond donors (Lipinski definition) is 4. The molecule has 1 amide bonds. The molecule has 2 heterocycles. The third-order valence-electron chi connectivity index (χ3n) is 4.56. The van der Waals surface area contributed by atoms with Gasteiger partial charge in [0.15, 0.2) is 11.9 Å². The van der Waals surface area contributed by atoms with Crippen LogP contribution in [0.2, 0.25) is 0 Å². The van der Waals surface area contributed by atoms with E-state index in [1.54, 1.807) is 0 Å². The second-order valence-corrected chi connectivity index (χ2v) is 6.25. The van der Waals surface area contributed by atoms with Crippen molar-refractivity contribution in [3.63, 3.8) is 0 Å². The van der Waals surface area contributed by atoms with Gasteiger partial charge in [-0.05, 0) is 18.1 Å². The highest BCUT2D eigenvalue weighted by Crippen LogP contribution is 2.19. The number of aryl methyl sites for hydroxylation is 1. The van der Waals surface area contributed by atoms with Crippen molar-refractivity contribution < 1.29 is 9.69 Å². The molecule has 2 atom stereocenters. The van der Waals surface area contributed by atoms with Crippen molar-refractivity contribution >= 4 is 23.5 Å². The number of para-hydroxylation sites is 1. The molecule has 1 aliphatic rings. The zero-order valence-corrected chi connectivity index (χ0v) is 14.3. The average molecular weight is 342 g/mol. The lowest BCUT2D eigenvalue weighted by molar-refractivity contribution is -0.917. The van der Waals surface area contributed by atoms with E-state index in [1.165, 1.54) is 5.56 Å². The van der Waals surface area contributed by atoms with Gasteiger partial charge in [-0.15, -0.1) is 0 Å². The number of amides is 1. The number of nitrogens with one attached hydrogen (secondary N) is 2. The first-order valence-electron chi connectivity index (χ1n) is 8.56. The fraction of sp³-hybridized carbons (Fsp3) is 0.412. The Kier molecular flexibility index (Phi) is 5.08. The van der Waals surface area contributed by atoms with Gasteiger partial charge in [0, 0.05) is 18.5 Å². The summed E-state index contributed by atoms with van der Waals surface area (Å²) in [6.45, 7) is 3.47. The Morgan fingerprint density at radius 1 is 1.32 bits per heavy atom. The monoisotopic (exact) mass is 342 g/mol. The SMILES string of the molecule is CCc1ccccc1Nc1nc(N)nc(C[NH+]2CCC[C@@H]2C(N)=O)n1. The molecule has 8 nitrogen and oxygen atoms in total. The average Bonchev–Trinajstić information content (AvgIpc) is 3.03. The van der Waals surface area contributed by atoms with Crippen LogP contribution in [0.3, 0.4) is 0 Å². The highest BCUT2D eigenvalue weighted by Gasteiger charge is 2.33. The van der Waals surface area contributed by atoms with Crippen LogP contribution in [0.5, 0.6) is 0 Å². The maximum absolute atomic E-state index is 11.6. The number of likely N-dealkylation sites (tertiary alicyclic amines) is 1. The van der Waals surface area contributed by atoms with E-state index in [0.29, 0.717) is 18.3 Å². The molecule has 2 aromatic rings. The summed E-state index contributed by atoms with van der Waals surface area (Å²) in [5.41, 5.74) is 13.5. The quantitative estimate of drug-likeness (QED) is 0.576. The van der Waals surface area contributed by atoms with E-state index >= 15 is 0 Å². The second-order valence-electron chi connectivity index (χ2n) is 6.25. The number of primary amides is 1. The molecule has 1 aromatic heterocycles. The Bertz CT molecular complexity index is 764. The summed E-state index contributed by atoms with van der Waals surface area (Å²) < 4.78 is 0. The van der Waals surface area contributed by atoms with Crippen LogP contribution >= 0.6 is 0 Å². The molecular weight excluding hydrogens is 318 g/mol. The van der Waals surface area contributed by atoms with Gasteiger partial charge in [0.2, 0.25) is 11.9 Å². The maximum Gasteiger partial charge on any atom is 0.275 e. The third-order valence-corrected chi connectivity index (χ3v) is 4.56. The van der Waals surface area contributed by atoms with Gasteiger partial charge in [-0.1, -0.05) is 25.1 Å². The molecule has 0 aliphatic carbocycles. The molecule has 25 heavy (non-hydrogen) atoms. The Hall–Kier alpha value is -2.74. The molecule has 3 rings (SSSR count). The van der Waals surface area contributed by atoms with Gasteiger partial charge in [0.05, 0.1) is 6.54 Å². The summed E-state index contributed by atoms with van der Waals surface area (Å²) in [5, 5.41) is 3.22. The first-order chi connectivity index (χ1) is 12.1. The third kappa shape index (κ3) is 4.03. The van der Waals surface area contributed by atoms with Crippen LogP contribution in [0.4, 0.5) is 17.6 Å². The predicted molar refractivity (Wildman–Crippen MR) is 95.1 cm³/mol. The van der Waals surface area contributed by atoms with E-state index in [4.69, 9.17) is 11.5 Å². The maximum atomic E-state index is 11.6. The van der Waals surface area contributed by atoms with E-state index in [1.807, 2.05) is 18.2 Å². The van der Waals surface area contributed by atoms with Crippen molar-refractivity contribution in [3.8, 4) is 0 Å². The molecule has 1 fully saturated rings. The van der Waals surface area contributed by atoms with Crippen LogP contribution < -0.4 is 21.7 Å². The van der Waals surface area contributed by atoms with Gasteiger partial charge in [-0.3, -0.25) is 4.79 Å². The Labute approximate surface area is 146 Å². The van der Waals surface area contributed by atoms with Crippen LogP contribution in [-0.2, 0) is 17.8 Å². The molecule has 0 bridgehead atoms. The topological polar surface area (TPSA) is 124 Å². The zero-order chi connectivity index (χ0) is 17.8. The molecule has 0 saturated carbocycles. The minimum atomic E-state index is -0.273. The normalized spacial score (nSPS) is 19.7. The lowest BCUT2D eigenvalue weighted by Crippen LogP contribution is -3.13. The number of carbonyl (C=O) groups is 1. The molecule has 0 spiro atoms. The van der Waals surface area contributed by atoms with E-state index < -0.39 is 0 Å². The number of nitrogen functional groups attached to an aromatic ring is 1. The molecule has 1 aromatic carbocycles. The van der Waals surface area contributed by atoms with E-state index in [0.717, 1.165) is 36.4 Å². The number of hydrogen-bond acceptors (Lipinski definition) is 6. The van der Waals surface area contributed by atoms with Crippen molar-refractivity contribution in [3.05, 3.63) is 35.7 Å². The number of aromatic nitrogens is 3. The highest BCUT2D eigenvalue weighted by atomic mass is 16.1. The van der Waals surface area contributed by atoms with Crippen LogP contribution in [-0.4, -0.2) is 33.4 Å². The number of rotatable bonds is 6. The minimum absolute atomic E-state index is 0.163. The van der Waals surface area contributed by atoms with Crippen molar-refractivity contribution in [2.45, 2.75) is 38.8 Å². The summed E-state index contributed by atoms with van der Waals surface area (Å²) in [5.74, 6) is 0.866.